The molecule has 0 amide bonds. The molecule has 3 nitrogen and oxygen atoms in total. The van der Waals surface area contributed by atoms with Crippen LogP contribution in [0.3, 0.4) is 0 Å². The minimum atomic E-state index is -1.50. The van der Waals surface area contributed by atoms with Gasteiger partial charge in [-0.2, -0.15) is 0 Å². The van der Waals surface area contributed by atoms with Crippen molar-refractivity contribution in [3.63, 3.8) is 0 Å². The van der Waals surface area contributed by atoms with E-state index in [-0.39, 0.29) is 22.9 Å². The van der Waals surface area contributed by atoms with Crippen molar-refractivity contribution in [2.75, 3.05) is 0 Å². The molecule has 0 saturated heterocycles. The molecule has 8 atom stereocenters. The summed E-state index contributed by atoms with van der Waals surface area (Å²) in [6.07, 6.45) is 12.9. The summed E-state index contributed by atoms with van der Waals surface area (Å²) in [6.45, 7) is 4.51. The monoisotopic (exact) mass is 332 g/mol. The topological polar surface area (TPSA) is 60.7 Å². The molecule has 4 saturated carbocycles. The first-order valence-electron chi connectivity index (χ1n) is 9.82. The minimum Gasteiger partial charge on any atom is -0.392 e. The van der Waals surface area contributed by atoms with Gasteiger partial charge in [-0.1, -0.05) is 13.8 Å². The predicted molar refractivity (Wildman–Crippen MR) is 92.6 cm³/mol. The maximum absolute atomic E-state index is 10.5. The van der Waals surface area contributed by atoms with Crippen molar-refractivity contribution in [3.05, 3.63) is 0 Å². The number of hydrogen-bond acceptors (Lipinski definition) is 3. The van der Waals surface area contributed by atoms with Crippen molar-refractivity contribution in [1.29, 1.82) is 0 Å². The molecule has 3 heteroatoms. The molecule has 24 heavy (non-hydrogen) atoms. The van der Waals surface area contributed by atoms with Gasteiger partial charge in [0.15, 0.2) is 5.79 Å². The van der Waals surface area contributed by atoms with Crippen LogP contribution >= 0.6 is 0 Å². The van der Waals surface area contributed by atoms with E-state index in [0.29, 0.717) is 30.1 Å². The minimum absolute atomic E-state index is 0.0170. The van der Waals surface area contributed by atoms with Crippen LogP contribution in [0, 0.1) is 52.8 Å². The summed E-state index contributed by atoms with van der Waals surface area (Å²) in [5, 5.41) is 31.5. The largest absolute Gasteiger partial charge is 0.392 e. The third-order valence-corrected chi connectivity index (χ3v) is 9.04. The molecule has 4 aliphatic rings. The van der Waals surface area contributed by atoms with Gasteiger partial charge in [-0.15, -0.1) is 12.3 Å². The van der Waals surface area contributed by atoms with Gasteiger partial charge in [-0.05, 0) is 74.0 Å². The van der Waals surface area contributed by atoms with Gasteiger partial charge in [0.05, 0.1) is 6.10 Å². The highest BCUT2D eigenvalue weighted by molar-refractivity contribution is 5.14. The average Bonchev–Trinajstić information content (AvgIpc) is 2.77. The highest BCUT2D eigenvalue weighted by atomic mass is 16.5. The standard InChI is InChI=1S/C21H32O3/c1-4-13-12-19(2)14(11-18(13)22)5-6-15-16(19)7-9-20(3)17(15)8-10-21(20,23)24/h1,13-18,22-24H,5-12H2,2-3H3/t13-,14-,15+,16-,17-,18+,19-,20-/m0/s1. The summed E-state index contributed by atoms with van der Waals surface area (Å²) < 4.78 is 0. The van der Waals surface area contributed by atoms with Crippen LogP contribution in [0.15, 0.2) is 0 Å². The Morgan fingerprint density at radius 3 is 2.42 bits per heavy atom. The van der Waals surface area contributed by atoms with E-state index < -0.39 is 5.79 Å². The number of hydrogen-bond donors (Lipinski definition) is 3. The number of fused-ring (bicyclic) bond motifs is 5. The quantitative estimate of drug-likeness (QED) is 0.472. The first kappa shape index (κ1) is 16.9. The van der Waals surface area contributed by atoms with Crippen LogP contribution in [0.5, 0.6) is 0 Å². The Kier molecular flexibility index (Phi) is 3.67. The van der Waals surface area contributed by atoms with Gasteiger partial charge >= 0.3 is 0 Å². The highest BCUT2D eigenvalue weighted by Gasteiger charge is 2.64. The molecule has 4 aliphatic carbocycles. The summed E-state index contributed by atoms with van der Waals surface area (Å²) in [5.74, 6) is 3.52. The smallest absolute Gasteiger partial charge is 0.168 e. The lowest BCUT2D eigenvalue weighted by atomic mass is 9.44. The van der Waals surface area contributed by atoms with Crippen molar-refractivity contribution in [1.82, 2.24) is 0 Å². The van der Waals surface area contributed by atoms with Crippen LogP contribution in [0.4, 0.5) is 0 Å². The zero-order valence-electron chi connectivity index (χ0n) is 15.0. The van der Waals surface area contributed by atoms with E-state index in [0.717, 1.165) is 38.5 Å². The SMILES string of the molecule is C#C[C@H]1C[C@@]2(C)[C@@H](CC[C@@H]3[C@@H]2CC[C@@]2(C)[C@H]3CCC2(O)O)C[C@H]1O. The Bertz CT molecular complexity index is 564. The lowest BCUT2D eigenvalue weighted by Gasteiger charge is -2.61. The molecule has 0 spiro atoms. The third-order valence-electron chi connectivity index (χ3n) is 9.04. The Morgan fingerprint density at radius 1 is 1.00 bits per heavy atom. The van der Waals surface area contributed by atoms with Crippen LogP contribution in [-0.4, -0.2) is 27.2 Å². The van der Waals surface area contributed by atoms with E-state index in [1.165, 1.54) is 6.42 Å². The number of aliphatic hydroxyl groups is 3. The fourth-order valence-electron chi connectivity index (χ4n) is 7.47. The fourth-order valence-corrected chi connectivity index (χ4v) is 7.47. The second kappa shape index (κ2) is 5.22. The normalized spacial score (nSPS) is 55.8. The zero-order chi connectivity index (χ0) is 17.3. The Labute approximate surface area is 145 Å². The molecule has 0 aromatic heterocycles. The second-order valence-electron chi connectivity index (χ2n) is 9.75. The zero-order valence-corrected chi connectivity index (χ0v) is 15.0. The Balaban J connectivity index is 1.65. The highest BCUT2D eigenvalue weighted by Crippen LogP contribution is 2.68. The van der Waals surface area contributed by atoms with E-state index in [4.69, 9.17) is 6.42 Å². The van der Waals surface area contributed by atoms with Crippen LogP contribution in [0.1, 0.15) is 65.2 Å². The van der Waals surface area contributed by atoms with Gasteiger partial charge in [0, 0.05) is 17.8 Å². The van der Waals surface area contributed by atoms with Gasteiger partial charge in [0.1, 0.15) is 0 Å². The molecule has 0 bridgehead atoms. The maximum atomic E-state index is 10.5. The molecular formula is C21H32O3. The molecule has 4 fully saturated rings. The lowest BCUT2D eigenvalue weighted by molar-refractivity contribution is -0.252. The molecule has 0 aromatic carbocycles. The Morgan fingerprint density at radius 2 is 1.71 bits per heavy atom. The lowest BCUT2D eigenvalue weighted by Crippen LogP contribution is -2.57. The van der Waals surface area contributed by atoms with Crippen LogP contribution < -0.4 is 0 Å². The van der Waals surface area contributed by atoms with Gasteiger partial charge in [0.25, 0.3) is 0 Å². The summed E-state index contributed by atoms with van der Waals surface area (Å²) in [5.41, 5.74) is -0.145. The van der Waals surface area contributed by atoms with Crippen molar-refractivity contribution in [2.24, 2.45) is 40.4 Å². The molecule has 0 radical (unpaired) electrons. The summed E-state index contributed by atoms with van der Waals surface area (Å²) >= 11 is 0. The van der Waals surface area contributed by atoms with E-state index in [1.807, 2.05) is 0 Å². The predicted octanol–water partition coefficient (Wildman–Crippen LogP) is 2.93. The molecule has 0 aromatic rings. The van der Waals surface area contributed by atoms with E-state index in [9.17, 15) is 15.3 Å². The molecule has 0 unspecified atom stereocenters. The van der Waals surface area contributed by atoms with Crippen molar-refractivity contribution >= 4 is 0 Å². The van der Waals surface area contributed by atoms with Gasteiger partial charge in [-0.25, -0.2) is 0 Å². The van der Waals surface area contributed by atoms with Gasteiger partial charge < -0.3 is 15.3 Å². The van der Waals surface area contributed by atoms with Crippen molar-refractivity contribution in [2.45, 2.75) is 77.1 Å². The maximum Gasteiger partial charge on any atom is 0.168 e. The molecule has 3 N–H and O–H groups in total. The summed E-state index contributed by atoms with van der Waals surface area (Å²) in [6, 6.07) is 0. The number of aliphatic hydroxyl groups excluding tert-OH is 1. The van der Waals surface area contributed by atoms with Crippen LogP contribution in [0.2, 0.25) is 0 Å². The van der Waals surface area contributed by atoms with E-state index in [2.05, 4.69) is 19.8 Å². The fraction of sp³-hybridized carbons (Fsp3) is 0.905. The molecule has 0 aliphatic heterocycles. The second-order valence-corrected chi connectivity index (χ2v) is 9.75. The van der Waals surface area contributed by atoms with Crippen molar-refractivity contribution in [3.8, 4) is 12.3 Å². The van der Waals surface area contributed by atoms with Crippen LogP contribution in [0.25, 0.3) is 0 Å². The van der Waals surface area contributed by atoms with Crippen LogP contribution in [-0.2, 0) is 0 Å². The molecule has 0 heterocycles. The number of terminal acetylenes is 1. The van der Waals surface area contributed by atoms with E-state index in [1.54, 1.807) is 0 Å². The van der Waals surface area contributed by atoms with Crippen molar-refractivity contribution < 1.29 is 15.3 Å². The first-order valence-corrected chi connectivity index (χ1v) is 9.82. The molecular weight excluding hydrogens is 300 g/mol. The summed E-state index contributed by atoms with van der Waals surface area (Å²) in [7, 11) is 0. The molecule has 134 valence electrons. The first-order chi connectivity index (χ1) is 11.2. The van der Waals surface area contributed by atoms with Gasteiger partial charge in [-0.3, -0.25) is 0 Å². The van der Waals surface area contributed by atoms with Gasteiger partial charge in [0.2, 0.25) is 0 Å². The Hall–Kier alpha value is -0.560. The third kappa shape index (κ3) is 2.03. The molecule has 4 rings (SSSR count). The number of rotatable bonds is 0. The van der Waals surface area contributed by atoms with E-state index >= 15 is 0 Å². The summed E-state index contributed by atoms with van der Waals surface area (Å²) in [4.78, 5) is 0. The average molecular weight is 332 g/mol.